The van der Waals surface area contributed by atoms with Crippen molar-refractivity contribution in [2.75, 3.05) is 13.1 Å². The Hall–Kier alpha value is -0.780. The van der Waals surface area contributed by atoms with Gasteiger partial charge in [0.05, 0.1) is 5.56 Å². The van der Waals surface area contributed by atoms with Gasteiger partial charge < -0.3 is 5.32 Å². The molecule has 2 heterocycles. The van der Waals surface area contributed by atoms with Crippen LogP contribution in [-0.4, -0.2) is 18.1 Å². The molecule has 2 nitrogen and oxygen atoms in total. The first-order chi connectivity index (χ1) is 7.57. The number of hydrogen-bond donors (Lipinski definition) is 1. The highest BCUT2D eigenvalue weighted by Gasteiger charge is 2.31. The summed E-state index contributed by atoms with van der Waals surface area (Å²) in [5.41, 5.74) is 0.804. The van der Waals surface area contributed by atoms with Crippen LogP contribution in [-0.2, 0) is 6.18 Å². The zero-order chi connectivity index (χ0) is 11.6. The Balaban J connectivity index is 0.00000144. The third-order valence-electron chi connectivity index (χ3n) is 2.50. The summed E-state index contributed by atoms with van der Waals surface area (Å²) in [5, 5.41) is 3.11. The van der Waals surface area contributed by atoms with E-state index in [0.29, 0.717) is 12.1 Å². The second kappa shape index (κ2) is 6.97. The molecule has 0 saturated heterocycles. The molecule has 1 aliphatic rings. The summed E-state index contributed by atoms with van der Waals surface area (Å²) in [4.78, 5) is 3.65. The molecule has 0 aliphatic carbocycles. The lowest BCUT2D eigenvalue weighted by molar-refractivity contribution is -0.137. The van der Waals surface area contributed by atoms with Crippen LogP contribution in [0.4, 0.5) is 13.2 Å². The normalized spacial score (nSPS) is 15.2. The van der Waals surface area contributed by atoms with Gasteiger partial charge in [0.2, 0.25) is 0 Å². The number of rotatable bonds is 1. The third-order valence-corrected chi connectivity index (χ3v) is 2.50. The molecule has 0 bridgehead atoms. The molecule has 0 fully saturated rings. The lowest BCUT2D eigenvalue weighted by Gasteiger charge is -2.15. The van der Waals surface area contributed by atoms with E-state index in [1.807, 2.05) is 6.08 Å². The molecule has 1 aromatic rings. The fourth-order valence-corrected chi connectivity index (χ4v) is 1.66. The van der Waals surface area contributed by atoms with Crippen LogP contribution in [0.25, 0.3) is 5.57 Å². The monoisotopic (exact) mass is 300 g/mol. The number of nitrogens with zero attached hydrogens (tertiary/aromatic N) is 1. The number of nitrogens with one attached hydrogen (secondary N) is 1. The predicted molar refractivity (Wildman–Crippen MR) is 69.2 cm³/mol. The van der Waals surface area contributed by atoms with Gasteiger partial charge in [-0.1, -0.05) is 6.08 Å². The maximum atomic E-state index is 12.5. The number of aromatic nitrogens is 1. The molecule has 0 radical (unpaired) electrons. The van der Waals surface area contributed by atoms with E-state index in [2.05, 4.69) is 10.3 Å². The largest absolute Gasteiger partial charge is 0.417 e. The van der Waals surface area contributed by atoms with Gasteiger partial charge >= 0.3 is 6.18 Å². The van der Waals surface area contributed by atoms with Crippen LogP contribution in [0, 0.1) is 0 Å². The maximum Gasteiger partial charge on any atom is 0.417 e. The molecule has 0 unspecified atom stereocenters. The van der Waals surface area contributed by atoms with E-state index in [1.54, 1.807) is 0 Å². The summed E-state index contributed by atoms with van der Waals surface area (Å²) in [5.74, 6) is 0. The molecule has 18 heavy (non-hydrogen) atoms. The minimum Gasteiger partial charge on any atom is -0.313 e. The van der Waals surface area contributed by atoms with Crippen LogP contribution in [0.2, 0.25) is 0 Å². The summed E-state index contributed by atoms with van der Waals surface area (Å²) in [6.07, 6.45) is 0.650. The van der Waals surface area contributed by atoms with E-state index in [0.717, 1.165) is 30.8 Å². The zero-order valence-corrected chi connectivity index (χ0v) is 11.0. The summed E-state index contributed by atoms with van der Waals surface area (Å²) < 4.78 is 37.4. The smallest absolute Gasteiger partial charge is 0.313 e. The topological polar surface area (TPSA) is 24.9 Å². The Morgan fingerprint density at radius 1 is 1.17 bits per heavy atom. The molecule has 0 saturated carbocycles. The van der Waals surface area contributed by atoms with Crippen molar-refractivity contribution < 1.29 is 13.2 Å². The van der Waals surface area contributed by atoms with E-state index >= 15 is 0 Å². The predicted octanol–water partition coefficient (Wildman–Crippen LogP) is 3.32. The van der Waals surface area contributed by atoms with Crippen molar-refractivity contribution in [2.45, 2.75) is 12.6 Å². The molecular formula is C11H13Cl2F3N2. The summed E-state index contributed by atoms with van der Waals surface area (Å²) in [6, 6.07) is 1.16. The highest BCUT2D eigenvalue weighted by atomic mass is 35.5. The van der Waals surface area contributed by atoms with Crippen molar-refractivity contribution in [3.8, 4) is 0 Å². The van der Waals surface area contributed by atoms with Crippen molar-refractivity contribution in [1.82, 2.24) is 10.3 Å². The Kier molecular flexibility index (Phi) is 6.67. The van der Waals surface area contributed by atoms with Gasteiger partial charge in [0.25, 0.3) is 0 Å². The Labute approximate surface area is 115 Å². The minimum atomic E-state index is -4.32. The van der Waals surface area contributed by atoms with Crippen molar-refractivity contribution in [3.05, 3.63) is 35.7 Å². The summed E-state index contributed by atoms with van der Waals surface area (Å²) in [6.45, 7) is 1.49. The van der Waals surface area contributed by atoms with Crippen molar-refractivity contribution >= 4 is 30.4 Å². The first-order valence-corrected chi connectivity index (χ1v) is 5.00. The molecule has 102 valence electrons. The molecule has 1 aromatic heterocycles. The summed E-state index contributed by atoms with van der Waals surface area (Å²) in [7, 11) is 0. The standard InChI is InChI=1S/C11H11F3N2.2ClH/c12-11(13,14)10-5-9(6-16-7-10)8-1-3-15-4-2-8;;/h1,5-7,15H,2-4H2;2*1H. The lowest BCUT2D eigenvalue weighted by atomic mass is 10.0. The van der Waals surface area contributed by atoms with Gasteiger partial charge in [-0.15, -0.1) is 24.8 Å². The first kappa shape index (κ1) is 17.2. The van der Waals surface area contributed by atoms with Gasteiger partial charge in [0, 0.05) is 18.9 Å². The molecule has 1 aliphatic heterocycles. The Morgan fingerprint density at radius 3 is 2.44 bits per heavy atom. The van der Waals surface area contributed by atoms with Gasteiger partial charge in [-0.3, -0.25) is 4.98 Å². The molecule has 0 amide bonds. The number of alkyl halides is 3. The Bertz CT molecular complexity index is 419. The SMILES string of the molecule is Cl.Cl.FC(F)(F)c1cncc(C2=CCNCC2)c1. The van der Waals surface area contributed by atoms with E-state index in [9.17, 15) is 13.2 Å². The number of halogens is 5. The zero-order valence-electron chi connectivity index (χ0n) is 9.33. The molecule has 0 atom stereocenters. The minimum absolute atomic E-state index is 0. The quantitative estimate of drug-likeness (QED) is 0.860. The molecule has 7 heteroatoms. The lowest BCUT2D eigenvalue weighted by Crippen LogP contribution is -2.20. The summed E-state index contributed by atoms with van der Waals surface area (Å²) >= 11 is 0. The molecule has 0 spiro atoms. The third kappa shape index (κ3) is 4.15. The van der Waals surface area contributed by atoms with Gasteiger partial charge in [0.1, 0.15) is 0 Å². The molecule has 0 aromatic carbocycles. The fraction of sp³-hybridized carbons (Fsp3) is 0.364. The fourth-order valence-electron chi connectivity index (χ4n) is 1.66. The van der Waals surface area contributed by atoms with Crippen LogP contribution in [0.1, 0.15) is 17.5 Å². The van der Waals surface area contributed by atoms with E-state index in [1.165, 1.54) is 6.20 Å². The van der Waals surface area contributed by atoms with E-state index < -0.39 is 11.7 Å². The average Bonchev–Trinajstić information content (AvgIpc) is 2.29. The van der Waals surface area contributed by atoms with Crippen LogP contribution in [0.3, 0.4) is 0 Å². The first-order valence-electron chi connectivity index (χ1n) is 5.00. The van der Waals surface area contributed by atoms with Crippen molar-refractivity contribution in [1.29, 1.82) is 0 Å². The molecule has 2 rings (SSSR count). The number of hydrogen-bond acceptors (Lipinski definition) is 2. The second-order valence-corrected chi connectivity index (χ2v) is 3.64. The highest BCUT2D eigenvalue weighted by molar-refractivity contribution is 5.85. The van der Waals surface area contributed by atoms with E-state index in [4.69, 9.17) is 0 Å². The van der Waals surface area contributed by atoms with Gasteiger partial charge in [-0.05, 0) is 30.2 Å². The Morgan fingerprint density at radius 2 is 1.89 bits per heavy atom. The van der Waals surface area contributed by atoms with Gasteiger partial charge in [-0.25, -0.2) is 0 Å². The van der Waals surface area contributed by atoms with Crippen LogP contribution in [0.15, 0.2) is 24.5 Å². The van der Waals surface area contributed by atoms with Crippen molar-refractivity contribution in [3.63, 3.8) is 0 Å². The average molecular weight is 301 g/mol. The highest BCUT2D eigenvalue weighted by Crippen LogP contribution is 2.30. The van der Waals surface area contributed by atoms with Crippen molar-refractivity contribution in [2.24, 2.45) is 0 Å². The number of pyridine rings is 1. The van der Waals surface area contributed by atoms with Crippen LogP contribution < -0.4 is 5.32 Å². The van der Waals surface area contributed by atoms with Crippen LogP contribution >= 0.6 is 24.8 Å². The van der Waals surface area contributed by atoms with Gasteiger partial charge in [0.15, 0.2) is 0 Å². The molecule has 1 N–H and O–H groups in total. The van der Waals surface area contributed by atoms with E-state index in [-0.39, 0.29) is 24.8 Å². The van der Waals surface area contributed by atoms with Crippen LogP contribution in [0.5, 0.6) is 0 Å². The maximum absolute atomic E-state index is 12.5. The van der Waals surface area contributed by atoms with Gasteiger partial charge in [-0.2, -0.15) is 13.2 Å². The molecular weight excluding hydrogens is 288 g/mol. The second-order valence-electron chi connectivity index (χ2n) is 3.64.